The summed E-state index contributed by atoms with van der Waals surface area (Å²) in [5.74, 6) is 0.377. The summed E-state index contributed by atoms with van der Waals surface area (Å²) < 4.78 is 0. The number of hydrogen-bond acceptors (Lipinski definition) is 4. The first-order valence-electron chi connectivity index (χ1n) is 5.57. The quantitative estimate of drug-likeness (QED) is 0.845. The monoisotopic (exact) mass is 266 g/mol. The number of nitrogens with one attached hydrogen (secondary N) is 1. The number of nitriles is 1. The van der Waals surface area contributed by atoms with E-state index in [0.29, 0.717) is 17.9 Å². The van der Waals surface area contributed by atoms with E-state index in [9.17, 15) is 4.79 Å². The molecule has 5 nitrogen and oxygen atoms in total. The summed E-state index contributed by atoms with van der Waals surface area (Å²) in [7, 11) is 1.73. The van der Waals surface area contributed by atoms with E-state index < -0.39 is 6.04 Å². The van der Waals surface area contributed by atoms with E-state index in [4.69, 9.17) is 16.9 Å². The molecule has 0 bridgehead atoms. The number of pyridine rings is 1. The molecule has 1 aromatic rings. The minimum Gasteiger partial charge on any atom is -0.359 e. The minimum absolute atomic E-state index is 0.0437. The van der Waals surface area contributed by atoms with Crippen LogP contribution in [-0.4, -0.2) is 35.4 Å². The normalized spacial score (nSPS) is 11.5. The highest BCUT2D eigenvalue weighted by Crippen LogP contribution is 2.14. The Hall–Kier alpha value is -1.80. The Balaban J connectivity index is 2.82. The maximum Gasteiger partial charge on any atom is 0.244 e. The molecule has 1 aromatic heterocycles. The molecule has 0 saturated carbocycles. The van der Waals surface area contributed by atoms with Crippen LogP contribution in [0.5, 0.6) is 0 Å². The lowest BCUT2D eigenvalue weighted by atomic mass is 10.2. The van der Waals surface area contributed by atoms with Crippen molar-refractivity contribution in [3.63, 3.8) is 0 Å². The zero-order valence-electron chi connectivity index (χ0n) is 10.6. The number of amides is 1. The van der Waals surface area contributed by atoms with Crippen molar-refractivity contribution in [1.29, 1.82) is 5.26 Å². The van der Waals surface area contributed by atoms with Gasteiger partial charge in [-0.15, -0.1) is 0 Å². The molecule has 6 heteroatoms. The van der Waals surface area contributed by atoms with Gasteiger partial charge in [-0.2, -0.15) is 5.26 Å². The SMILES string of the molecule is CCN(C)C(=O)C(C)Nc1cc(C#N)cc(Cl)n1. The summed E-state index contributed by atoms with van der Waals surface area (Å²) in [5.41, 5.74) is 0.404. The van der Waals surface area contributed by atoms with Gasteiger partial charge in [0.1, 0.15) is 17.0 Å². The first-order valence-corrected chi connectivity index (χ1v) is 5.95. The third-order valence-corrected chi connectivity index (χ3v) is 2.70. The van der Waals surface area contributed by atoms with Crippen LogP contribution in [0.4, 0.5) is 5.82 Å². The van der Waals surface area contributed by atoms with E-state index in [1.54, 1.807) is 24.9 Å². The summed E-state index contributed by atoms with van der Waals surface area (Å²) >= 11 is 5.78. The van der Waals surface area contributed by atoms with Crippen LogP contribution < -0.4 is 5.32 Å². The Bertz CT molecular complexity index is 483. The molecule has 1 amide bonds. The van der Waals surface area contributed by atoms with Gasteiger partial charge in [-0.3, -0.25) is 4.79 Å². The van der Waals surface area contributed by atoms with Crippen LogP contribution in [0.3, 0.4) is 0 Å². The first kappa shape index (κ1) is 14.3. The van der Waals surface area contributed by atoms with Gasteiger partial charge in [0.25, 0.3) is 0 Å². The van der Waals surface area contributed by atoms with Crippen molar-refractivity contribution in [1.82, 2.24) is 9.88 Å². The number of halogens is 1. The Morgan fingerprint density at radius 2 is 2.33 bits per heavy atom. The Morgan fingerprint density at radius 1 is 1.67 bits per heavy atom. The molecule has 1 unspecified atom stereocenters. The topological polar surface area (TPSA) is 69.0 Å². The van der Waals surface area contributed by atoms with Gasteiger partial charge >= 0.3 is 0 Å². The minimum atomic E-state index is -0.424. The first-order chi connectivity index (χ1) is 8.47. The zero-order valence-corrected chi connectivity index (χ0v) is 11.3. The van der Waals surface area contributed by atoms with E-state index in [-0.39, 0.29) is 11.1 Å². The van der Waals surface area contributed by atoms with Crippen LogP contribution >= 0.6 is 11.6 Å². The number of likely N-dealkylation sites (N-methyl/N-ethyl adjacent to an activating group) is 1. The molecule has 0 aromatic carbocycles. The van der Waals surface area contributed by atoms with Crippen molar-refractivity contribution in [2.45, 2.75) is 19.9 Å². The number of carbonyl (C=O) groups excluding carboxylic acids is 1. The van der Waals surface area contributed by atoms with Gasteiger partial charge in [0.15, 0.2) is 0 Å². The van der Waals surface area contributed by atoms with Crippen molar-refractivity contribution in [3.8, 4) is 6.07 Å². The standard InChI is InChI=1S/C12H15ClN4O/c1-4-17(3)12(18)8(2)15-11-6-9(7-14)5-10(13)16-11/h5-6,8H,4H2,1-3H3,(H,15,16). The molecule has 0 aliphatic rings. The van der Waals surface area contributed by atoms with Gasteiger partial charge in [-0.1, -0.05) is 11.6 Å². The predicted molar refractivity (Wildman–Crippen MR) is 70.4 cm³/mol. The lowest BCUT2D eigenvalue weighted by Gasteiger charge is -2.21. The lowest BCUT2D eigenvalue weighted by Crippen LogP contribution is -2.39. The van der Waals surface area contributed by atoms with Crippen LogP contribution in [0, 0.1) is 11.3 Å². The van der Waals surface area contributed by atoms with Crippen molar-refractivity contribution in [3.05, 3.63) is 22.8 Å². The van der Waals surface area contributed by atoms with Crippen molar-refractivity contribution in [2.75, 3.05) is 18.9 Å². The van der Waals surface area contributed by atoms with Crippen LogP contribution in [0.25, 0.3) is 0 Å². The summed E-state index contributed by atoms with van der Waals surface area (Å²) in [6, 6.07) is 4.59. The van der Waals surface area contributed by atoms with Gasteiger partial charge in [0, 0.05) is 13.6 Å². The number of carbonyl (C=O) groups is 1. The number of aromatic nitrogens is 1. The number of anilines is 1. The van der Waals surface area contributed by atoms with Gasteiger partial charge < -0.3 is 10.2 Å². The molecular weight excluding hydrogens is 252 g/mol. The predicted octanol–water partition coefficient (Wildman–Crippen LogP) is 1.89. The van der Waals surface area contributed by atoms with E-state index in [1.807, 2.05) is 13.0 Å². The Kier molecular flexibility index (Phi) is 4.93. The number of rotatable bonds is 4. The third kappa shape index (κ3) is 3.60. The molecule has 1 N–H and O–H groups in total. The van der Waals surface area contributed by atoms with Gasteiger partial charge in [-0.05, 0) is 26.0 Å². The second kappa shape index (κ2) is 6.22. The maximum atomic E-state index is 11.9. The van der Waals surface area contributed by atoms with E-state index >= 15 is 0 Å². The molecule has 0 aliphatic heterocycles. The molecule has 0 radical (unpaired) electrons. The van der Waals surface area contributed by atoms with Gasteiger partial charge in [-0.25, -0.2) is 4.98 Å². The van der Waals surface area contributed by atoms with Crippen LogP contribution in [0.15, 0.2) is 12.1 Å². The van der Waals surface area contributed by atoms with E-state index in [0.717, 1.165) is 0 Å². The molecule has 0 spiro atoms. The van der Waals surface area contributed by atoms with Crippen LogP contribution in [-0.2, 0) is 4.79 Å². The summed E-state index contributed by atoms with van der Waals surface area (Å²) in [4.78, 5) is 17.5. The van der Waals surface area contributed by atoms with Crippen LogP contribution in [0.1, 0.15) is 19.4 Å². The zero-order chi connectivity index (χ0) is 13.7. The molecule has 0 fully saturated rings. The molecule has 0 saturated heterocycles. The largest absolute Gasteiger partial charge is 0.359 e. The van der Waals surface area contributed by atoms with Crippen LogP contribution in [0.2, 0.25) is 5.15 Å². The van der Waals surface area contributed by atoms with Crippen molar-refractivity contribution in [2.24, 2.45) is 0 Å². The molecule has 96 valence electrons. The van der Waals surface area contributed by atoms with Gasteiger partial charge in [0.05, 0.1) is 11.6 Å². The fourth-order valence-electron chi connectivity index (χ4n) is 1.41. The maximum absolute atomic E-state index is 11.9. The van der Waals surface area contributed by atoms with E-state index in [1.165, 1.54) is 6.07 Å². The molecule has 18 heavy (non-hydrogen) atoms. The molecule has 1 atom stereocenters. The number of nitrogens with zero attached hydrogens (tertiary/aromatic N) is 3. The van der Waals surface area contributed by atoms with Crippen molar-refractivity contribution >= 4 is 23.3 Å². The molecule has 0 aliphatic carbocycles. The highest BCUT2D eigenvalue weighted by Gasteiger charge is 2.16. The molecule has 1 heterocycles. The highest BCUT2D eigenvalue weighted by molar-refractivity contribution is 6.29. The summed E-state index contributed by atoms with van der Waals surface area (Å²) in [6.07, 6.45) is 0. The fraction of sp³-hybridized carbons (Fsp3) is 0.417. The third-order valence-electron chi connectivity index (χ3n) is 2.51. The van der Waals surface area contributed by atoms with Gasteiger partial charge in [0.2, 0.25) is 5.91 Å². The Morgan fingerprint density at radius 3 is 2.89 bits per heavy atom. The lowest BCUT2D eigenvalue weighted by molar-refractivity contribution is -0.130. The second-order valence-electron chi connectivity index (χ2n) is 3.89. The fourth-order valence-corrected chi connectivity index (χ4v) is 1.61. The Labute approximate surface area is 111 Å². The smallest absolute Gasteiger partial charge is 0.244 e. The summed E-state index contributed by atoms with van der Waals surface area (Å²) in [5, 5.41) is 12.0. The number of hydrogen-bond donors (Lipinski definition) is 1. The molecular formula is C12H15ClN4O. The van der Waals surface area contributed by atoms with Crippen molar-refractivity contribution < 1.29 is 4.79 Å². The highest BCUT2D eigenvalue weighted by atomic mass is 35.5. The average Bonchev–Trinajstić information content (AvgIpc) is 2.35. The molecule has 1 rings (SSSR count). The second-order valence-corrected chi connectivity index (χ2v) is 4.28. The average molecular weight is 267 g/mol. The van der Waals surface area contributed by atoms with E-state index in [2.05, 4.69) is 10.3 Å². The summed E-state index contributed by atoms with van der Waals surface area (Å²) in [6.45, 7) is 4.27.